The molecule has 4 nitrogen and oxygen atoms in total. The number of nitrogens with two attached hydrogens (primary N) is 1. The second-order valence-electron chi connectivity index (χ2n) is 4.65. The fourth-order valence-electron chi connectivity index (χ4n) is 1.51. The predicted molar refractivity (Wildman–Crippen MR) is 91.6 cm³/mol. The van der Waals surface area contributed by atoms with Crippen LogP contribution in [-0.2, 0) is 0 Å². The topological polar surface area (TPSA) is 68.0 Å². The van der Waals surface area contributed by atoms with Crippen molar-refractivity contribution in [1.82, 2.24) is 4.98 Å². The third kappa shape index (κ3) is 4.68. The smallest absolute Gasteiger partial charge is 0.257 e. The number of hydrogen-bond acceptors (Lipinski definition) is 5. The molecule has 2 rings (SSSR count). The van der Waals surface area contributed by atoms with Crippen LogP contribution in [0.2, 0.25) is 0 Å². The van der Waals surface area contributed by atoms with Gasteiger partial charge >= 0.3 is 0 Å². The molecule has 3 N–H and O–H groups in total. The van der Waals surface area contributed by atoms with Gasteiger partial charge in [0.1, 0.15) is 5.03 Å². The van der Waals surface area contributed by atoms with Gasteiger partial charge in [-0.2, -0.15) is 0 Å². The minimum absolute atomic E-state index is 0.214. The molecule has 1 aromatic carbocycles. The Morgan fingerprint density at radius 1 is 1.24 bits per heavy atom. The van der Waals surface area contributed by atoms with E-state index < -0.39 is 0 Å². The summed E-state index contributed by atoms with van der Waals surface area (Å²) >= 11 is 0. The Balaban J connectivity index is 2.01. The lowest BCUT2D eigenvalue weighted by atomic mass is 10.2. The molecule has 0 atom stereocenters. The summed E-state index contributed by atoms with van der Waals surface area (Å²) in [5.41, 5.74) is 7.46. The van der Waals surface area contributed by atoms with Gasteiger partial charge in [-0.1, -0.05) is 36.8 Å². The Morgan fingerprint density at radius 2 is 2.00 bits per heavy atom. The third-order valence-electron chi connectivity index (χ3n) is 2.53. The normalized spacial score (nSPS) is 10.6. The molecule has 0 unspecified atom stereocenters. The molecule has 0 radical (unpaired) electrons. The van der Waals surface area contributed by atoms with Crippen molar-refractivity contribution in [2.24, 2.45) is 0 Å². The van der Waals surface area contributed by atoms with Crippen LogP contribution in [0, 0.1) is 0 Å². The van der Waals surface area contributed by atoms with E-state index in [4.69, 9.17) is 5.73 Å². The summed E-state index contributed by atoms with van der Waals surface area (Å²) < 4.78 is 0. The molecular weight excluding hydrogens is 302 g/mol. The maximum absolute atomic E-state index is 12.1. The summed E-state index contributed by atoms with van der Waals surface area (Å²) in [6, 6.07) is 10.8. The molecule has 0 aliphatic rings. The van der Waals surface area contributed by atoms with Crippen LogP contribution in [0.4, 0.5) is 11.4 Å². The second-order valence-corrected chi connectivity index (χ2v) is 7.45. The molecule has 0 spiro atoms. The van der Waals surface area contributed by atoms with Crippen LogP contribution in [0.5, 0.6) is 0 Å². The van der Waals surface area contributed by atoms with Crippen LogP contribution >= 0.6 is 21.6 Å². The van der Waals surface area contributed by atoms with Gasteiger partial charge in [0.05, 0.1) is 16.9 Å². The SMILES string of the molecule is CC(C)SSc1ccc(C(=O)Nc2ccccc2N)cn1. The van der Waals surface area contributed by atoms with Crippen LogP contribution in [0.3, 0.4) is 0 Å². The fourth-order valence-corrected chi connectivity index (χ4v) is 3.19. The van der Waals surface area contributed by atoms with Crippen molar-refractivity contribution in [3.05, 3.63) is 48.2 Å². The Bertz CT molecular complexity index is 615. The number of hydrogen-bond donors (Lipinski definition) is 2. The van der Waals surface area contributed by atoms with Crippen molar-refractivity contribution in [2.45, 2.75) is 24.1 Å². The fraction of sp³-hybridized carbons (Fsp3) is 0.200. The lowest BCUT2D eigenvalue weighted by Gasteiger charge is -2.08. The molecule has 0 fully saturated rings. The van der Waals surface area contributed by atoms with Crippen LogP contribution in [0.25, 0.3) is 0 Å². The van der Waals surface area contributed by atoms with Gasteiger partial charge in [0.25, 0.3) is 5.91 Å². The maximum Gasteiger partial charge on any atom is 0.257 e. The van der Waals surface area contributed by atoms with E-state index in [1.54, 1.807) is 46.0 Å². The van der Waals surface area contributed by atoms with E-state index in [0.29, 0.717) is 22.2 Å². The maximum atomic E-state index is 12.1. The summed E-state index contributed by atoms with van der Waals surface area (Å²) in [6.45, 7) is 4.26. The minimum Gasteiger partial charge on any atom is -0.397 e. The zero-order valence-corrected chi connectivity index (χ0v) is 13.5. The highest BCUT2D eigenvalue weighted by atomic mass is 33.1. The van der Waals surface area contributed by atoms with Crippen molar-refractivity contribution < 1.29 is 4.79 Å². The standard InChI is InChI=1S/C15H17N3OS2/c1-10(2)20-21-14-8-7-11(9-17-14)15(19)18-13-6-4-3-5-12(13)16/h3-10H,16H2,1-2H3,(H,18,19). The largest absolute Gasteiger partial charge is 0.397 e. The van der Waals surface area contributed by atoms with E-state index in [9.17, 15) is 4.79 Å². The number of anilines is 2. The van der Waals surface area contributed by atoms with Crippen LogP contribution in [0.1, 0.15) is 24.2 Å². The Hall–Kier alpha value is -1.66. The highest BCUT2D eigenvalue weighted by Gasteiger charge is 2.09. The van der Waals surface area contributed by atoms with Gasteiger partial charge < -0.3 is 11.1 Å². The lowest BCUT2D eigenvalue weighted by molar-refractivity contribution is 0.102. The van der Waals surface area contributed by atoms with Crippen molar-refractivity contribution in [3.63, 3.8) is 0 Å². The molecular formula is C15H17N3OS2. The number of para-hydroxylation sites is 2. The van der Waals surface area contributed by atoms with Gasteiger partial charge in [0.2, 0.25) is 0 Å². The minimum atomic E-state index is -0.214. The number of pyridine rings is 1. The number of rotatable bonds is 5. The first kappa shape index (κ1) is 15.7. The summed E-state index contributed by atoms with van der Waals surface area (Å²) in [6.07, 6.45) is 1.58. The van der Waals surface area contributed by atoms with Crippen molar-refractivity contribution in [3.8, 4) is 0 Å². The highest BCUT2D eigenvalue weighted by molar-refractivity contribution is 8.76. The van der Waals surface area contributed by atoms with Crippen LogP contribution < -0.4 is 11.1 Å². The number of benzene rings is 1. The zero-order valence-electron chi connectivity index (χ0n) is 11.9. The molecule has 0 saturated heterocycles. The van der Waals surface area contributed by atoms with E-state index in [1.807, 2.05) is 18.2 Å². The average Bonchev–Trinajstić information content (AvgIpc) is 2.48. The molecule has 1 amide bonds. The number of carbonyl (C=O) groups excluding carboxylic acids is 1. The Morgan fingerprint density at radius 3 is 2.62 bits per heavy atom. The Labute approximate surface area is 132 Å². The van der Waals surface area contributed by atoms with Gasteiger partial charge in [-0.3, -0.25) is 4.79 Å². The predicted octanol–water partition coefficient (Wildman–Crippen LogP) is 4.06. The van der Waals surface area contributed by atoms with Gasteiger partial charge in [0.15, 0.2) is 0 Å². The summed E-state index contributed by atoms with van der Waals surface area (Å²) in [5, 5.41) is 4.20. The lowest BCUT2D eigenvalue weighted by Crippen LogP contribution is -2.13. The van der Waals surface area contributed by atoms with Crippen LogP contribution in [0.15, 0.2) is 47.6 Å². The summed E-state index contributed by atoms with van der Waals surface area (Å²) in [7, 11) is 3.35. The van der Waals surface area contributed by atoms with E-state index >= 15 is 0 Å². The zero-order chi connectivity index (χ0) is 15.2. The molecule has 2 aromatic rings. The molecule has 1 heterocycles. The quantitative estimate of drug-likeness (QED) is 0.642. The molecule has 0 aliphatic carbocycles. The van der Waals surface area contributed by atoms with Gasteiger partial charge in [-0.25, -0.2) is 4.98 Å². The molecule has 110 valence electrons. The van der Waals surface area contributed by atoms with E-state index in [2.05, 4.69) is 24.1 Å². The average molecular weight is 319 g/mol. The van der Waals surface area contributed by atoms with Gasteiger partial charge in [-0.05, 0) is 35.1 Å². The van der Waals surface area contributed by atoms with E-state index in [0.717, 1.165) is 5.03 Å². The van der Waals surface area contributed by atoms with Gasteiger partial charge in [-0.15, -0.1) is 0 Å². The molecule has 0 saturated carbocycles. The first-order valence-electron chi connectivity index (χ1n) is 6.51. The van der Waals surface area contributed by atoms with Crippen LogP contribution in [-0.4, -0.2) is 16.1 Å². The molecule has 1 aromatic heterocycles. The number of carbonyl (C=O) groups is 1. The molecule has 21 heavy (non-hydrogen) atoms. The number of nitrogens with one attached hydrogen (secondary N) is 1. The van der Waals surface area contributed by atoms with Crippen molar-refractivity contribution in [1.29, 1.82) is 0 Å². The number of nitrogen functional groups attached to an aromatic ring is 1. The molecule has 0 aliphatic heterocycles. The number of nitrogens with zero attached hydrogens (tertiary/aromatic N) is 1. The monoisotopic (exact) mass is 319 g/mol. The van der Waals surface area contributed by atoms with E-state index in [-0.39, 0.29) is 5.91 Å². The van der Waals surface area contributed by atoms with Crippen molar-refractivity contribution >= 4 is 38.9 Å². The van der Waals surface area contributed by atoms with Gasteiger partial charge in [0, 0.05) is 11.4 Å². The number of aromatic nitrogens is 1. The first-order chi connectivity index (χ1) is 10.1. The number of amides is 1. The first-order valence-corrected chi connectivity index (χ1v) is 8.73. The third-order valence-corrected chi connectivity index (χ3v) is 5.38. The van der Waals surface area contributed by atoms with Crippen molar-refractivity contribution in [2.75, 3.05) is 11.1 Å². The molecule has 6 heteroatoms. The molecule has 0 bridgehead atoms. The highest BCUT2D eigenvalue weighted by Crippen LogP contribution is 2.32. The summed E-state index contributed by atoms with van der Waals surface area (Å²) in [5.74, 6) is -0.214. The second kappa shape index (κ2) is 7.38. The van der Waals surface area contributed by atoms with E-state index in [1.165, 1.54) is 0 Å². The summed E-state index contributed by atoms with van der Waals surface area (Å²) in [4.78, 5) is 16.4. The Kier molecular flexibility index (Phi) is 5.52.